The van der Waals surface area contributed by atoms with Crippen LogP contribution >= 0.6 is 11.3 Å². The van der Waals surface area contributed by atoms with Gasteiger partial charge >= 0.3 is 12.1 Å². The summed E-state index contributed by atoms with van der Waals surface area (Å²) in [6.45, 7) is 16.8. The van der Waals surface area contributed by atoms with Gasteiger partial charge in [0.1, 0.15) is 52.5 Å². The van der Waals surface area contributed by atoms with Gasteiger partial charge in [-0.3, -0.25) is 28.8 Å². The minimum absolute atomic E-state index is 0.00134. The van der Waals surface area contributed by atoms with Crippen molar-refractivity contribution in [2.24, 2.45) is 5.41 Å². The molecule has 3 atom stereocenters. The lowest BCUT2D eigenvalue weighted by Gasteiger charge is -2.42. The lowest BCUT2D eigenvalue weighted by Crippen LogP contribution is -2.57. The van der Waals surface area contributed by atoms with Crippen LogP contribution in [-0.2, 0) is 38.6 Å². The van der Waals surface area contributed by atoms with Crippen molar-refractivity contribution in [2.75, 3.05) is 50.4 Å². The molecule has 452 valence electrons. The zero-order chi connectivity index (χ0) is 61.0. The number of fused-ring (bicyclic) bond motifs is 4. The molecule has 0 unspecified atom stereocenters. The number of carbonyl (C=O) groups excluding carboxylic acids is 4. The number of aromatic hydroxyl groups is 1. The highest BCUT2D eigenvalue weighted by molar-refractivity contribution is 7.13. The summed E-state index contributed by atoms with van der Waals surface area (Å²) in [6.07, 6.45) is 7.12. The van der Waals surface area contributed by atoms with Gasteiger partial charge in [-0.1, -0.05) is 58.0 Å². The average molecular weight is 1190 g/mol. The normalized spacial score (nSPS) is 15.5. The standard InChI is InChI=1S/C64H73FN10O10S/c1-10-39-14-11-15-41-28-47(84-37-81-9)30-48(52(39)41)54-53(65)55-49(31-66-54)58(73-32-43-21-22-44(33-73)75(43)62(80)85-64(6,7)8)71-61(70-55)83-35-45-16-12-24-72(45)25-13-26-82-27-23-51(77)69-57(63(3,4)5)60(79)74-34-46(76)29-50(74)59(78)68-42-19-17-40(18-20-42)56-38(2)67-36-86-56/h11-12,14-20,24,28-31,34,36,43-44,57,76H,10,13,21-23,25-27,32-33,35,37H2,1-9H3,(H,68,78)(H,69,77)/t43-,44-,57+/m0/s1. The maximum Gasteiger partial charge on any atom is 0.410 e. The number of nitrogens with one attached hydrogen (secondary N) is 2. The predicted octanol–water partition coefficient (Wildman–Crippen LogP) is 11.4. The molecular formula is C64H73FN10O10S. The number of halogens is 1. The van der Waals surface area contributed by atoms with Crippen LogP contribution in [0, 0.1) is 18.2 Å². The number of benzene rings is 3. The van der Waals surface area contributed by atoms with E-state index in [0.717, 1.165) is 55.6 Å². The van der Waals surface area contributed by atoms with E-state index < -0.39 is 40.6 Å². The first-order valence-electron chi connectivity index (χ1n) is 28.9. The third-order valence-electron chi connectivity index (χ3n) is 15.3. The number of aromatic nitrogens is 6. The maximum atomic E-state index is 17.7. The molecule has 20 nitrogen and oxygen atoms in total. The summed E-state index contributed by atoms with van der Waals surface area (Å²) < 4.78 is 50.0. The van der Waals surface area contributed by atoms with E-state index in [1.165, 1.54) is 30.7 Å². The van der Waals surface area contributed by atoms with Crippen molar-refractivity contribution in [1.82, 2.24) is 39.3 Å². The molecule has 8 aromatic rings. The van der Waals surface area contributed by atoms with Gasteiger partial charge in [0.05, 0.1) is 52.0 Å². The fraction of sp³-hybridized carbons (Fsp3) is 0.406. The Morgan fingerprint density at radius 2 is 1.69 bits per heavy atom. The summed E-state index contributed by atoms with van der Waals surface area (Å²) in [5.41, 5.74) is 5.04. The Hall–Kier alpha value is -8.47. The lowest BCUT2D eigenvalue weighted by molar-refractivity contribution is -0.123. The summed E-state index contributed by atoms with van der Waals surface area (Å²) in [7, 11) is 1.54. The number of nitrogens with zero attached hydrogens (tertiary/aromatic N) is 8. The predicted molar refractivity (Wildman–Crippen MR) is 326 cm³/mol. The first-order chi connectivity index (χ1) is 41.2. The molecule has 0 aliphatic carbocycles. The van der Waals surface area contributed by atoms with E-state index in [9.17, 15) is 24.3 Å². The Morgan fingerprint density at radius 3 is 2.38 bits per heavy atom. The molecule has 10 rings (SSSR count). The summed E-state index contributed by atoms with van der Waals surface area (Å²) in [6, 6.07) is 20.5. The van der Waals surface area contributed by atoms with Gasteiger partial charge in [0.25, 0.3) is 11.8 Å². The lowest BCUT2D eigenvalue weighted by atomic mass is 9.86. The molecule has 3 N–H and O–H groups in total. The SMILES string of the molecule is CCc1cccc2cc(OCOC)cc(-c3ncc4c(N5C[C@@H]6CC[C@@H](C5)N6C(=O)OC(C)(C)C)nc(OCc5cccn5CCCOCCC(=O)N[C@H](C(=O)n5cc(O)cc5C(=O)Nc5ccc(-c6scnc6C)cc5)C(C)(C)C)nc4c3F)c12. The highest BCUT2D eigenvalue weighted by Crippen LogP contribution is 2.41. The number of hydrogen-bond donors (Lipinski definition) is 3. The molecule has 7 heterocycles. The molecule has 3 amide bonds. The Kier molecular flexibility index (Phi) is 18.1. The van der Waals surface area contributed by atoms with E-state index in [1.54, 1.807) is 50.7 Å². The molecule has 2 saturated heterocycles. The number of piperazine rings is 1. The largest absolute Gasteiger partial charge is 0.506 e. The molecule has 0 spiro atoms. The van der Waals surface area contributed by atoms with Gasteiger partial charge in [-0.2, -0.15) is 9.97 Å². The first-order valence-corrected chi connectivity index (χ1v) is 29.8. The van der Waals surface area contributed by atoms with Crippen LogP contribution in [0.5, 0.6) is 17.5 Å². The highest BCUT2D eigenvalue weighted by atomic mass is 32.1. The second-order valence-electron chi connectivity index (χ2n) is 23.7. The van der Waals surface area contributed by atoms with E-state index in [-0.39, 0.29) is 73.3 Å². The smallest absolute Gasteiger partial charge is 0.410 e. The summed E-state index contributed by atoms with van der Waals surface area (Å²) >= 11 is 1.52. The van der Waals surface area contributed by atoms with E-state index in [0.29, 0.717) is 67.3 Å². The van der Waals surface area contributed by atoms with Gasteiger partial charge in [-0.05, 0) is 117 Å². The van der Waals surface area contributed by atoms with Crippen LogP contribution < -0.4 is 25.0 Å². The van der Waals surface area contributed by atoms with Crippen LogP contribution in [0.15, 0.2) is 96.9 Å². The van der Waals surface area contributed by atoms with Crippen molar-refractivity contribution in [3.63, 3.8) is 0 Å². The molecule has 2 bridgehead atoms. The van der Waals surface area contributed by atoms with Gasteiger partial charge in [0, 0.05) is 69.5 Å². The highest BCUT2D eigenvalue weighted by Gasteiger charge is 2.45. The van der Waals surface area contributed by atoms with Crippen molar-refractivity contribution in [3.05, 3.63) is 125 Å². The Morgan fingerprint density at radius 1 is 0.919 bits per heavy atom. The maximum absolute atomic E-state index is 17.7. The van der Waals surface area contributed by atoms with Crippen LogP contribution in [0.25, 0.3) is 43.4 Å². The average Bonchev–Trinajstić information content (AvgIpc) is 3.06. The van der Waals surface area contributed by atoms with Crippen molar-refractivity contribution >= 4 is 68.3 Å². The second kappa shape index (κ2) is 25.6. The molecule has 3 aromatic carbocycles. The molecule has 2 fully saturated rings. The third-order valence-corrected chi connectivity index (χ3v) is 16.3. The second-order valence-corrected chi connectivity index (χ2v) is 24.6. The number of ether oxygens (including phenoxy) is 5. The van der Waals surface area contributed by atoms with E-state index >= 15 is 4.39 Å². The molecule has 0 radical (unpaired) electrons. The zero-order valence-electron chi connectivity index (χ0n) is 49.9. The first kappa shape index (κ1) is 60.6. The number of rotatable bonds is 21. The monoisotopic (exact) mass is 1190 g/mol. The Balaban J connectivity index is 0.795. The van der Waals surface area contributed by atoms with Crippen LogP contribution in [-0.4, -0.2) is 127 Å². The number of thiazole rings is 1. The van der Waals surface area contributed by atoms with Gasteiger partial charge in [0.15, 0.2) is 12.6 Å². The van der Waals surface area contributed by atoms with Gasteiger partial charge < -0.3 is 48.9 Å². The number of hydrogen-bond acceptors (Lipinski definition) is 16. The molecule has 86 heavy (non-hydrogen) atoms. The number of anilines is 2. The molecule has 2 aliphatic heterocycles. The Labute approximate surface area is 502 Å². The van der Waals surface area contributed by atoms with Crippen LogP contribution in [0.3, 0.4) is 0 Å². The van der Waals surface area contributed by atoms with E-state index in [2.05, 4.69) is 27.4 Å². The van der Waals surface area contributed by atoms with E-state index in [4.69, 9.17) is 38.6 Å². The summed E-state index contributed by atoms with van der Waals surface area (Å²) in [4.78, 5) is 78.4. The summed E-state index contributed by atoms with van der Waals surface area (Å²) in [5, 5.41) is 18.3. The van der Waals surface area contributed by atoms with Crippen molar-refractivity contribution in [2.45, 2.75) is 124 Å². The van der Waals surface area contributed by atoms with Crippen molar-refractivity contribution in [1.29, 1.82) is 0 Å². The van der Waals surface area contributed by atoms with E-state index in [1.807, 2.05) is 91.9 Å². The van der Waals surface area contributed by atoms with Crippen molar-refractivity contribution in [3.8, 4) is 39.2 Å². The molecular weight excluding hydrogens is 1120 g/mol. The molecule has 22 heteroatoms. The Bertz CT molecular complexity index is 3780. The van der Waals surface area contributed by atoms with Gasteiger partial charge in [0.2, 0.25) is 5.91 Å². The number of methoxy groups -OCH3 is 1. The molecule has 0 saturated carbocycles. The number of carbonyl (C=O) groups is 4. The zero-order valence-corrected chi connectivity index (χ0v) is 50.8. The minimum Gasteiger partial charge on any atom is -0.506 e. The third kappa shape index (κ3) is 13.5. The van der Waals surface area contributed by atoms with Gasteiger partial charge in [-0.25, -0.2) is 14.2 Å². The number of aryl methyl sites for hydroxylation is 3. The van der Waals surface area contributed by atoms with Gasteiger partial charge in [-0.15, -0.1) is 11.3 Å². The topological polar surface area (TPSA) is 227 Å². The fourth-order valence-corrected chi connectivity index (χ4v) is 12.0. The van der Waals surface area contributed by atoms with Crippen LogP contribution in [0.1, 0.15) is 106 Å². The number of pyridine rings is 1. The molecule has 5 aromatic heterocycles. The van der Waals surface area contributed by atoms with Crippen molar-refractivity contribution < 1.29 is 52.4 Å². The number of amides is 3. The fourth-order valence-electron chi connectivity index (χ4n) is 11.2. The summed E-state index contributed by atoms with van der Waals surface area (Å²) in [5.74, 6) is -1.65. The van der Waals surface area contributed by atoms with Crippen LogP contribution in [0.2, 0.25) is 0 Å². The molecule has 2 aliphatic rings. The van der Waals surface area contributed by atoms with Crippen LogP contribution in [0.4, 0.5) is 20.7 Å². The quantitative estimate of drug-likeness (QED) is 0.0449. The minimum atomic E-state index is -1.07.